The van der Waals surface area contributed by atoms with Crippen molar-refractivity contribution in [3.8, 4) is 5.75 Å². The fourth-order valence-electron chi connectivity index (χ4n) is 3.33. The van der Waals surface area contributed by atoms with Crippen molar-refractivity contribution in [1.29, 1.82) is 0 Å². The maximum absolute atomic E-state index is 12.8. The highest BCUT2D eigenvalue weighted by Gasteiger charge is 2.18. The predicted molar refractivity (Wildman–Crippen MR) is 135 cm³/mol. The molecule has 0 aliphatic heterocycles. The minimum Gasteiger partial charge on any atom is -0.470 e. The third kappa shape index (κ3) is 5.18. The molecule has 11 heteroatoms. The van der Waals surface area contributed by atoms with Crippen molar-refractivity contribution in [3.63, 3.8) is 0 Å². The number of carbonyl (C=O) groups is 1. The fraction of sp³-hybridized carbons (Fsp3) is 0.174. The molecule has 2 aromatic carbocycles. The quantitative estimate of drug-likeness (QED) is 0.286. The third-order valence-electron chi connectivity index (χ3n) is 5.13. The highest BCUT2D eigenvalue weighted by molar-refractivity contribution is 6.42. The van der Waals surface area contributed by atoms with Gasteiger partial charge in [0.2, 0.25) is 0 Å². The van der Waals surface area contributed by atoms with Crippen molar-refractivity contribution in [2.75, 3.05) is 5.32 Å². The average Bonchev–Trinajstić information content (AvgIpc) is 3.38. The van der Waals surface area contributed by atoms with E-state index in [2.05, 4.69) is 15.5 Å². The highest BCUT2D eigenvalue weighted by Crippen LogP contribution is 2.31. The van der Waals surface area contributed by atoms with Gasteiger partial charge in [0, 0.05) is 21.8 Å². The summed E-state index contributed by atoms with van der Waals surface area (Å²) in [5.41, 5.74) is 3.01. The van der Waals surface area contributed by atoms with E-state index >= 15 is 0 Å². The molecule has 0 saturated carbocycles. The van der Waals surface area contributed by atoms with Crippen molar-refractivity contribution >= 4 is 58.0 Å². The lowest BCUT2D eigenvalue weighted by Gasteiger charge is -2.09. The van der Waals surface area contributed by atoms with E-state index in [1.54, 1.807) is 53.3 Å². The number of anilines is 1. The lowest BCUT2D eigenvalue weighted by molar-refractivity contribution is 0.102. The van der Waals surface area contributed by atoms with Gasteiger partial charge in [-0.3, -0.25) is 9.48 Å². The largest absolute Gasteiger partial charge is 0.470 e. The molecule has 34 heavy (non-hydrogen) atoms. The second kappa shape index (κ2) is 10.3. The Hall–Kier alpha value is -2.71. The van der Waals surface area contributed by atoms with Gasteiger partial charge in [-0.25, -0.2) is 4.68 Å². The third-order valence-corrected chi connectivity index (χ3v) is 6.64. The Morgan fingerprint density at radius 3 is 2.38 bits per heavy atom. The van der Waals surface area contributed by atoms with Gasteiger partial charge in [0.05, 0.1) is 28.6 Å². The molecule has 0 aliphatic carbocycles. The van der Waals surface area contributed by atoms with E-state index in [4.69, 9.17) is 51.1 Å². The Balaban J connectivity index is 1.45. The summed E-state index contributed by atoms with van der Waals surface area (Å²) in [6.45, 7) is 4.11. The van der Waals surface area contributed by atoms with Crippen LogP contribution in [0.2, 0.25) is 20.1 Å². The Bertz CT molecular complexity index is 1350. The Kier molecular flexibility index (Phi) is 7.38. The van der Waals surface area contributed by atoms with Gasteiger partial charge in [0.15, 0.2) is 12.4 Å². The molecule has 0 bridgehead atoms. The number of aromatic nitrogens is 4. The van der Waals surface area contributed by atoms with E-state index in [1.807, 2.05) is 13.8 Å². The molecule has 0 unspecified atom stereocenters. The molecule has 2 aromatic heterocycles. The van der Waals surface area contributed by atoms with Crippen LogP contribution in [0.15, 0.2) is 48.7 Å². The Morgan fingerprint density at radius 2 is 1.65 bits per heavy atom. The van der Waals surface area contributed by atoms with Gasteiger partial charge in [0.25, 0.3) is 5.91 Å². The number of carbonyl (C=O) groups excluding carboxylic acids is 1. The second-order valence-corrected chi connectivity index (χ2v) is 9.02. The van der Waals surface area contributed by atoms with Crippen LogP contribution >= 0.6 is 46.4 Å². The summed E-state index contributed by atoms with van der Waals surface area (Å²) in [4.78, 5) is 12.8. The number of nitrogens with zero attached hydrogens (tertiary/aromatic N) is 4. The zero-order valence-corrected chi connectivity index (χ0v) is 21.2. The minimum atomic E-state index is -0.374. The summed E-state index contributed by atoms with van der Waals surface area (Å²) < 4.78 is 8.88. The van der Waals surface area contributed by atoms with Gasteiger partial charge < -0.3 is 10.1 Å². The first-order valence-electron chi connectivity index (χ1n) is 10.1. The van der Waals surface area contributed by atoms with E-state index in [9.17, 15) is 4.79 Å². The van der Waals surface area contributed by atoms with Gasteiger partial charge in [-0.2, -0.15) is 10.2 Å². The topological polar surface area (TPSA) is 74.0 Å². The number of aryl methyl sites for hydroxylation is 1. The summed E-state index contributed by atoms with van der Waals surface area (Å²) in [5.74, 6) is 0.0500. The van der Waals surface area contributed by atoms with Crippen molar-refractivity contribution in [2.24, 2.45) is 0 Å². The summed E-state index contributed by atoms with van der Waals surface area (Å²) >= 11 is 24.7. The number of nitrogens with one attached hydrogen (secondary N) is 1. The first kappa shape index (κ1) is 24.4. The van der Waals surface area contributed by atoms with Crippen LogP contribution in [0, 0.1) is 13.8 Å². The number of ether oxygens (including phenoxy) is 1. The number of amides is 1. The molecule has 176 valence electrons. The van der Waals surface area contributed by atoms with E-state index in [1.165, 1.54) is 4.68 Å². The highest BCUT2D eigenvalue weighted by atomic mass is 35.5. The normalized spacial score (nSPS) is 11.0. The standard InChI is InChI=1S/C23H19Cl4N5O2/c1-13-22(14(2)32(29-13)11-15-16(24)5-3-6-17(15)25)28-23(33)19-9-10-31(30-19)12-34-20-8-4-7-18(26)21(20)27/h3-10H,11-12H2,1-2H3,(H,28,33). The number of benzene rings is 2. The monoisotopic (exact) mass is 537 g/mol. The van der Waals surface area contributed by atoms with Crippen molar-refractivity contribution in [3.05, 3.63) is 91.4 Å². The van der Waals surface area contributed by atoms with Gasteiger partial charge in [0.1, 0.15) is 10.8 Å². The Labute approximate surface area is 216 Å². The molecular formula is C23H19Cl4N5O2. The van der Waals surface area contributed by atoms with Gasteiger partial charge in [-0.05, 0) is 44.2 Å². The van der Waals surface area contributed by atoms with Crippen molar-refractivity contribution in [1.82, 2.24) is 19.6 Å². The molecule has 4 rings (SSSR count). The smallest absolute Gasteiger partial charge is 0.276 e. The minimum absolute atomic E-state index is 0.0575. The van der Waals surface area contributed by atoms with E-state index in [-0.39, 0.29) is 18.3 Å². The molecule has 0 spiro atoms. The molecule has 1 N–H and O–H groups in total. The molecular weight excluding hydrogens is 520 g/mol. The van der Waals surface area contributed by atoms with Crippen LogP contribution in [0.3, 0.4) is 0 Å². The molecule has 7 nitrogen and oxygen atoms in total. The van der Waals surface area contributed by atoms with Crippen molar-refractivity contribution in [2.45, 2.75) is 27.1 Å². The average molecular weight is 539 g/mol. The van der Waals surface area contributed by atoms with Crippen LogP contribution in [-0.4, -0.2) is 25.5 Å². The van der Waals surface area contributed by atoms with Gasteiger partial charge in [-0.1, -0.05) is 58.5 Å². The zero-order chi connectivity index (χ0) is 24.4. The maximum Gasteiger partial charge on any atom is 0.276 e. The maximum atomic E-state index is 12.8. The van der Waals surface area contributed by atoms with E-state index < -0.39 is 0 Å². The van der Waals surface area contributed by atoms with Gasteiger partial charge >= 0.3 is 0 Å². The van der Waals surface area contributed by atoms with Gasteiger partial charge in [-0.15, -0.1) is 0 Å². The van der Waals surface area contributed by atoms with Crippen LogP contribution in [0.25, 0.3) is 0 Å². The van der Waals surface area contributed by atoms with Crippen LogP contribution in [-0.2, 0) is 13.3 Å². The zero-order valence-electron chi connectivity index (χ0n) is 18.2. The molecule has 0 radical (unpaired) electrons. The number of hydrogen-bond donors (Lipinski definition) is 1. The van der Waals surface area contributed by atoms with E-state index in [0.717, 1.165) is 11.3 Å². The molecule has 0 saturated heterocycles. The van der Waals surface area contributed by atoms with E-state index in [0.29, 0.717) is 43.8 Å². The summed E-state index contributed by atoms with van der Waals surface area (Å²) in [5, 5.41) is 13.5. The lowest BCUT2D eigenvalue weighted by atomic mass is 10.2. The summed E-state index contributed by atoms with van der Waals surface area (Å²) in [6.07, 6.45) is 1.63. The number of rotatable bonds is 7. The SMILES string of the molecule is Cc1nn(Cc2c(Cl)cccc2Cl)c(C)c1NC(=O)c1ccn(COc2cccc(Cl)c2Cl)n1. The summed E-state index contributed by atoms with van der Waals surface area (Å²) in [7, 11) is 0. The van der Waals surface area contributed by atoms with Crippen LogP contribution in [0.4, 0.5) is 5.69 Å². The molecule has 1 amide bonds. The molecule has 4 aromatic rings. The number of halogens is 4. The van der Waals surface area contributed by atoms with Crippen LogP contribution < -0.4 is 10.1 Å². The Morgan fingerprint density at radius 1 is 0.971 bits per heavy atom. The lowest BCUT2D eigenvalue weighted by Crippen LogP contribution is -2.15. The molecule has 2 heterocycles. The first-order chi connectivity index (χ1) is 16.2. The number of hydrogen-bond acceptors (Lipinski definition) is 4. The predicted octanol–water partition coefficient (Wildman–Crippen LogP) is 6.65. The van der Waals surface area contributed by atoms with Crippen LogP contribution in [0.1, 0.15) is 27.4 Å². The van der Waals surface area contributed by atoms with Crippen molar-refractivity contribution < 1.29 is 9.53 Å². The second-order valence-electron chi connectivity index (χ2n) is 7.42. The molecule has 0 atom stereocenters. The first-order valence-corrected chi connectivity index (χ1v) is 11.6. The molecule has 0 fully saturated rings. The molecule has 0 aliphatic rings. The fourth-order valence-corrected chi connectivity index (χ4v) is 4.19. The van der Waals surface area contributed by atoms with Crippen LogP contribution in [0.5, 0.6) is 5.75 Å². The summed E-state index contributed by atoms with van der Waals surface area (Å²) in [6, 6.07) is 12.0.